The number of rotatable bonds is 4. The number of imide groups is 1. The lowest BCUT2D eigenvalue weighted by Gasteiger charge is -2.32. The minimum absolute atomic E-state index is 0.321. The maximum absolute atomic E-state index is 13.9. The number of hydroxylamine groups is 1. The summed E-state index contributed by atoms with van der Waals surface area (Å²) < 4.78 is 5.29. The van der Waals surface area contributed by atoms with Crippen LogP contribution in [0.1, 0.15) is 18.5 Å². The standard InChI is InChI=1S/C25H20Cl2N2O4/c1-25-21(15-8-10-20(32-2)11-9-15)29(18-6-4-3-5-7-18)33-22(25)23(30)28(24(25)31)19-13-16(26)12-17(27)14-19/h3-14,21-22H,1-2H3/t21-,22-,25+/m0/s1. The van der Waals surface area contributed by atoms with Gasteiger partial charge in [-0.15, -0.1) is 0 Å². The third kappa shape index (κ3) is 3.37. The molecule has 3 aromatic rings. The van der Waals surface area contributed by atoms with Gasteiger partial charge < -0.3 is 4.74 Å². The Kier molecular flexibility index (Phi) is 5.32. The Hall–Kier alpha value is -3.06. The van der Waals surface area contributed by atoms with Crippen LogP contribution in [0.25, 0.3) is 0 Å². The molecular formula is C25H20Cl2N2O4. The molecule has 0 aromatic heterocycles. The van der Waals surface area contributed by atoms with Gasteiger partial charge in [-0.3, -0.25) is 14.4 Å². The van der Waals surface area contributed by atoms with E-state index in [-0.39, 0.29) is 5.91 Å². The summed E-state index contributed by atoms with van der Waals surface area (Å²) in [5.41, 5.74) is 0.682. The van der Waals surface area contributed by atoms with Crippen molar-refractivity contribution in [3.8, 4) is 5.75 Å². The number of fused-ring (bicyclic) bond motifs is 1. The van der Waals surface area contributed by atoms with E-state index in [1.54, 1.807) is 37.3 Å². The number of carbonyl (C=O) groups excluding carboxylic acids is 2. The molecule has 0 N–H and O–H groups in total. The van der Waals surface area contributed by atoms with Crippen LogP contribution in [0.15, 0.2) is 72.8 Å². The van der Waals surface area contributed by atoms with Gasteiger partial charge in [-0.25, -0.2) is 9.96 Å². The number of carbonyl (C=O) groups is 2. The Morgan fingerprint density at radius 3 is 2.15 bits per heavy atom. The maximum Gasteiger partial charge on any atom is 0.266 e. The lowest BCUT2D eigenvalue weighted by atomic mass is 9.76. The Bertz CT molecular complexity index is 1210. The van der Waals surface area contributed by atoms with Crippen LogP contribution >= 0.6 is 23.2 Å². The number of amides is 2. The van der Waals surface area contributed by atoms with Crippen LogP contribution < -0.4 is 14.7 Å². The molecule has 5 rings (SSSR count). The molecule has 0 saturated carbocycles. The molecule has 6 nitrogen and oxygen atoms in total. The highest BCUT2D eigenvalue weighted by Crippen LogP contribution is 2.55. The van der Waals surface area contributed by atoms with E-state index in [9.17, 15) is 9.59 Å². The molecule has 0 radical (unpaired) electrons. The summed E-state index contributed by atoms with van der Waals surface area (Å²) in [5.74, 6) is -0.150. The third-order valence-corrected chi connectivity index (χ3v) is 6.66. The average Bonchev–Trinajstić information content (AvgIpc) is 3.22. The fourth-order valence-corrected chi connectivity index (χ4v) is 5.14. The predicted octanol–water partition coefficient (Wildman–Crippen LogP) is 5.44. The minimum atomic E-state index is -1.20. The van der Waals surface area contributed by atoms with E-state index in [1.807, 2.05) is 54.6 Å². The molecule has 2 fully saturated rings. The Balaban J connectivity index is 1.64. The molecule has 33 heavy (non-hydrogen) atoms. The average molecular weight is 483 g/mol. The first-order valence-corrected chi connectivity index (χ1v) is 11.1. The van der Waals surface area contributed by atoms with Crippen molar-refractivity contribution in [1.82, 2.24) is 0 Å². The molecule has 3 atom stereocenters. The number of benzene rings is 3. The number of anilines is 2. The highest BCUT2D eigenvalue weighted by molar-refractivity contribution is 6.36. The van der Waals surface area contributed by atoms with Gasteiger partial charge in [0.15, 0.2) is 6.10 Å². The van der Waals surface area contributed by atoms with E-state index >= 15 is 0 Å². The molecule has 0 spiro atoms. The minimum Gasteiger partial charge on any atom is -0.497 e. The summed E-state index contributed by atoms with van der Waals surface area (Å²) in [7, 11) is 1.59. The van der Waals surface area contributed by atoms with Gasteiger partial charge >= 0.3 is 0 Å². The number of para-hydroxylation sites is 1. The van der Waals surface area contributed by atoms with Crippen LogP contribution in [0.2, 0.25) is 10.0 Å². The van der Waals surface area contributed by atoms with Gasteiger partial charge in [0.25, 0.3) is 5.91 Å². The van der Waals surface area contributed by atoms with Crippen LogP contribution in [0.4, 0.5) is 11.4 Å². The lowest BCUT2D eigenvalue weighted by molar-refractivity contribution is -0.128. The normalized spacial score (nSPS) is 24.4. The fourth-order valence-electron chi connectivity index (χ4n) is 4.63. The van der Waals surface area contributed by atoms with Crippen LogP contribution in [0.5, 0.6) is 5.75 Å². The van der Waals surface area contributed by atoms with Gasteiger partial charge in [-0.1, -0.05) is 53.5 Å². The summed E-state index contributed by atoms with van der Waals surface area (Å²) in [6.07, 6.45) is -1.02. The quantitative estimate of drug-likeness (QED) is 0.463. The second kappa shape index (κ2) is 8.06. The SMILES string of the molecule is COc1ccc([C@@H]2N(c3ccccc3)O[C@H]3C(=O)N(c4cc(Cl)cc(Cl)c4)C(=O)[C@]23C)cc1. The molecule has 2 aliphatic rings. The smallest absolute Gasteiger partial charge is 0.266 e. The zero-order valence-electron chi connectivity index (χ0n) is 17.9. The van der Waals surface area contributed by atoms with Crippen molar-refractivity contribution >= 4 is 46.4 Å². The molecular weight excluding hydrogens is 463 g/mol. The van der Waals surface area contributed by atoms with Crippen molar-refractivity contribution in [1.29, 1.82) is 0 Å². The van der Waals surface area contributed by atoms with E-state index in [2.05, 4.69) is 0 Å². The Morgan fingerprint density at radius 1 is 0.909 bits per heavy atom. The zero-order chi connectivity index (χ0) is 23.3. The Labute approximate surface area is 201 Å². The highest BCUT2D eigenvalue weighted by atomic mass is 35.5. The summed E-state index contributed by atoms with van der Waals surface area (Å²) in [4.78, 5) is 34.8. The van der Waals surface area contributed by atoms with Crippen molar-refractivity contribution in [2.75, 3.05) is 17.1 Å². The second-order valence-electron chi connectivity index (χ2n) is 8.21. The molecule has 168 valence electrons. The monoisotopic (exact) mass is 482 g/mol. The lowest BCUT2D eigenvalue weighted by Crippen LogP contribution is -2.41. The molecule has 2 heterocycles. The van der Waals surface area contributed by atoms with Gasteiger partial charge in [-0.2, -0.15) is 0 Å². The number of nitrogens with zero attached hydrogens (tertiary/aromatic N) is 2. The van der Waals surface area contributed by atoms with Gasteiger partial charge in [0.05, 0.1) is 24.5 Å². The molecule has 0 bridgehead atoms. The first-order valence-electron chi connectivity index (χ1n) is 10.3. The summed E-state index contributed by atoms with van der Waals surface area (Å²) in [6.45, 7) is 1.77. The number of ether oxygens (including phenoxy) is 1. The van der Waals surface area contributed by atoms with Crippen molar-refractivity contribution in [2.24, 2.45) is 5.41 Å². The molecule has 0 aliphatic carbocycles. The van der Waals surface area contributed by atoms with Crippen molar-refractivity contribution in [3.05, 3.63) is 88.4 Å². The topological polar surface area (TPSA) is 59.1 Å². The number of halogens is 2. The highest BCUT2D eigenvalue weighted by Gasteiger charge is 2.68. The van der Waals surface area contributed by atoms with Crippen molar-refractivity contribution in [2.45, 2.75) is 19.1 Å². The van der Waals surface area contributed by atoms with E-state index in [1.165, 1.54) is 0 Å². The van der Waals surface area contributed by atoms with Gasteiger partial charge in [0.2, 0.25) is 5.91 Å². The van der Waals surface area contributed by atoms with Crippen LogP contribution in [0.3, 0.4) is 0 Å². The Morgan fingerprint density at radius 2 is 1.55 bits per heavy atom. The molecule has 8 heteroatoms. The molecule has 2 amide bonds. The van der Waals surface area contributed by atoms with Gasteiger partial charge in [0, 0.05) is 10.0 Å². The van der Waals surface area contributed by atoms with Crippen LogP contribution in [-0.4, -0.2) is 25.0 Å². The first kappa shape index (κ1) is 21.8. The number of hydrogen-bond donors (Lipinski definition) is 0. The van der Waals surface area contributed by atoms with Crippen LogP contribution in [0, 0.1) is 5.41 Å². The fraction of sp³-hybridized carbons (Fsp3) is 0.200. The molecule has 3 aromatic carbocycles. The first-order chi connectivity index (χ1) is 15.8. The molecule has 2 aliphatic heterocycles. The summed E-state index contributed by atoms with van der Waals surface area (Å²) in [5, 5.41) is 2.32. The van der Waals surface area contributed by atoms with E-state index in [0.29, 0.717) is 21.5 Å². The van der Waals surface area contributed by atoms with Crippen molar-refractivity contribution < 1.29 is 19.2 Å². The second-order valence-corrected chi connectivity index (χ2v) is 9.08. The maximum atomic E-state index is 13.9. The van der Waals surface area contributed by atoms with Crippen LogP contribution in [-0.2, 0) is 14.4 Å². The number of hydrogen-bond acceptors (Lipinski definition) is 5. The molecule has 2 saturated heterocycles. The van der Waals surface area contributed by atoms with Gasteiger partial charge in [-0.05, 0) is 55.0 Å². The van der Waals surface area contributed by atoms with E-state index in [4.69, 9.17) is 32.8 Å². The zero-order valence-corrected chi connectivity index (χ0v) is 19.4. The predicted molar refractivity (Wildman–Crippen MR) is 127 cm³/mol. The largest absolute Gasteiger partial charge is 0.497 e. The summed E-state index contributed by atoms with van der Waals surface area (Å²) >= 11 is 12.3. The van der Waals surface area contributed by atoms with Crippen molar-refractivity contribution in [3.63, 3.8) is 0 Å². The molecule has 0 unspecified atom stereocenters. The van der Waals surface area contributed by atoms with E-state index in [0.717, 1.165) is 16.2 Å². The third-order valence-electron chi connectivity index (χ3n) is 6.22. The summed E-state index contributed by atoms with van der Waals surface area (Å²) in [6, 6.07) is 20.9. The van der Waals surface area contributed by atoms with E-state index < -0.39 is 23.5 Å². The number of methoxy groups -OCH3 is 1. The van der Waals surface area contributed by atoms with Gasteiger partial charge in [0.1, 0.15) is 11.2 Å².